The van der Waals surface area contributed by atoms with Crippen molar-refractivity contribution in [2.75, 3.05) is 27.2 Å². The van der Waals surface area contributed by atoms with E-state index in [4.69, 9.17) is 0 Å². The van der Waals surface area contributed by atoms with Crippen LogP contribution < -0.4 is 10.6 Å². The highest BCUT2D eigenvalue weighted by Crippen LogP contribution is 2.22. The summed E-state index contributed by atoms with van der Waals surface area (Å²) in [6, 6.07) is 0. The molecule has 0 aliphatic carbocycles. The Balaban J connectivity index is 4.62. The van der Waals surface area contributed by atoms with Crippen LogP contribution in [0.15, 0.2) is 0 Å². The summed E-state index contributed by atoms with van der Waals surface area (Å²) in [5.74, 6) is 0. The Morgan fingerprint density at radius 1 is 0.875 bits per heavy atom. The maximum atomic E-state index is 12.0. The molecule has 0 atom stereocenters. The number of halogens is 6. The maximum Gasteiger partial charge on any atom is 0.401 e. The third-order valence-corrected chi connectivity index (χ3v) is 1.68. The molecule has 0 fully saturated rings. The Hall–Kier alpha value is -0.540. The van der Waals surface area contributed by atoms with Gasteiger partial charge in [-0.25, -0.2) is 0 Å². The molecule has 0 saturated carbocycles. The van der Waals surface area contributed by atoms with Crippen molar-refractivity contribution in [3.8, 4) is 0 Å². The predicted octanol–water partition coefficient (Wildman–Crippen LogP) is 1.14. The lowest BCUT2D eigenvalue weighted by Gasteiger charge is -2.32. The van der Waals surface area contributed by atoms with Gasteiger partial charge in [0.1, 0.15) is 6.29 Å². The van der Waals surface area contributed by atoms with Crippen molar-refractivity contribution >= 4 is 0 Å². The molecule has 98 valence electrons. The van der Waals surface area contributed by atoms with Gasteiger partial charge in [-0.1, -0.05) is 0 Å². The molecule has 2 N–H and O–H groups in total. The molecule has 0 amide bonds. The number of hydrogen-bond donors (Lipinski definition) is 2. The molecule has 0 spiro atoms. The molecule has 0 saturated heterocycles. The topological polar surface area (TPSA) is 27.3 Å². The largest absolute Gasteiger partial charge is 0.401 e. The summed E-state index contributed by atoms with van der Waals surface area (Å²) in [5, 5.41) is 4.62. The third-order valence-electron chi connectivity index (χ3n) is 1.68. The van der Waals surface area contributed by atoms with Crippen LogP contribution in [0, 0.1) is 0 Å². The van der Waals surface area contributed by atoms with Gasteiger partial charge in [0.15, 0.2) is 0 Å². The molecule has 0 bridgehead atoms. The zero-order valence-electron chi connectivity index (χ0n) is 8.71. The van der Waals surface area contributed by atoms with Crippen LogP contribution in [-0.4, -0.2) is 50.7 Å². The van der Waals surface area contributed by atoms with E-state index in [0.717, 1.165) is 0 Å². The second-order valence-electron chi connectivity index (χ2n) is 3.12. The van der Waals surface area contributed by atoms with Gasteiger partial charge in [-0.3, -0.25) is 15.5 Å². The van der Waals surface area contributed by atoms with Gasteiger partial charge < -0.3 is 0 Å². The second kappa shape index (κ2) is 5.69. The third kappa shape index (κ3) is 6.85. The number of hydrogen-bond acceptors (Lipinski definition) is 3. The SMILES string of the molecule is CNC(NC)N(CC(F)(F)F)CC(F)(F)F. The van der Waals surface area contributed by atoms with E-state index in [2.05, 4.69) is 10.6 Å². The van der Waals surface area contributed by atoms with Crippen LogP contribution in [0.25, 0.3) is 0 Å². The highest BCUT2D eigenvalue weighted by molar-refractivity contribution is 4.72. The van der Waals surface area contributed by atoms with Gasteiger partial charge >= 0.3 is 12.4 Å². The first-order valence-electron chi connectivity index (χ1n) is 4.31. The molecule has 9 heteroatoms. The van der Waals surface area contributed by atoms with E-state index >= 15 is 0 Å². The quantitative estimate of drug-likeness (QED) is 0.568. The summed E-state index contributed by atoms with van der Waals surface area (Å²) in [6.07, 6.45) is -10.6. The normalized spacial score (nSPS) is 13.9. The molecular weight excluding hydrogens is 240 g/mol. The highest BCUT2D eigenvalue weighted by atomic mass is 19.4. The van der Waals surface area contributed by atoms with E-state index in [-0.39, 0.29) is 4.90 Å². The van der Waals surface area contributed by atoms with Crippen LogP contribution in [0.5, 0.6) is 0 Å². The van der Waals surface area contributed by atoms with Crippen LogP contribution >= 0.6 is 0 Å². The van der Waals surface area contributed by atoms with Crippen LogP contribution in [0.2, 0.25) is 0 Å². The molecule has 0 aromatic carbocycles. The molecule has 3 nitrogen and oxygen atoms in total. The van der Waals surface area contributed by atoms with E-state index in [1.54, 1.807) is 0 Å². The Morgan fingerprint density at radius 2 is 1.19 bits per heavy atom. The summed E-state index contributed by atoms with van der Waals surface area (Å²) in [4.78, 5) is 0.222. The minimum Gasteiger partial charge on any atom is -0.293 e. The first kappa shape index (κ1) is 15.5. The Morgan fingerprint density at radius 3 is 1.38 bits per heavy atom. The molecule has 0 rings (SSSR count). The fourth-order valence-corrected chi connectivity index (χ4v) is 1.21. The van der Waals surface area contributed by atoms with E-state index in [1.165, 1.54) is 14.1 Å². The van der Waals surface area contributed by atoms with Crippen molar-refractivity contribution in [1.82, 2.24) is 15.5 Å². The van der Waals surface area contributed by atoms with Gasteiger partial charge in [0.25, 0.3) is 0 Å². The van der Waals surface area contributed by atoms with E-state index in [0.29, 0.717) is 0 Å². The van der Waals surface area contributed by atoms with Crippen LogP contribution in [0.1, 0.15) is 0 Å². The second-order valence-corrected chi connectivity index (χ2v) is 3.12. The van der Waals surface area contributed by atoms with E-state index < -0.39 is 31.7 Å². The Bertz CT molecular complexity index is 181. The number of nitrogens with zero attached hydrogens (tertiary/aromatic N) is 1. The van der Waals surface area contributed by atoms with Crippen molar-refractivity contribution < 1.29 is 26.3 Å². The van der Waals surface area contributed by atoms with E-state index in [1.807, 2.05) is 0 Å². The highest BCUT2D eigenvalue weighted by Gasteiger charge is 2.39. The molecule has 0 radical (unpaired) electrons. The van der Waals surface area contributed by atoms with E-state index in [9.17, 15) is 26.3 Å². The van der Waals surface area contributed by atoms with Gasteiger partial charge in [0, 0.05) is 0 Å². The van der Waals surface area contributed by atoms with Crippen molar-refractivity contribution in [1.29, 1.82) is 0 Å². The lowest BCUT2D eigenvalue weighted by molar-refractivity contribution is -0.190. The van der Waals surface area contributed by atoms with Gasteiger partial charge in [0.05, 0.1) is 13.1 Å². The first-order chi connectivity index (χ1) is 7.09. The standard InChI is InChI=1S/C7H13F6N3/c1-14-5(15-2)16(3-6(8,9)10)4-7(11,12)13/h5,14-15H,3-4H2,1-2H3. The molecule has 16 heavy (non-hydrogen) atoms. The van der Waals surface area contributed by atoms with Crippen molar-refractivity contribution in [2.45, 2.75) is 18.6 Å². The van der Waals surface area contributed by atoms with Crippen LogP contribution in [0.3, 0.4) is 0 Å². The molecule has 0 aromatic rings. The Labute approximate surface area is 88.8 Å². The van der Waals surface area contributed by atoms with Crippen LogP contribution in [0.4, 0.5) is 26.3 Å². The maximum absolute atomic E-state index is 12.0. The predicted molar refractivity (Wildman–Crippen MR) is 45.6 cm³/mol. The number of alkyl halides is 6. The summed E-state index contributed by atoms with van der Waals surface area (Å²) < 4.78 is 72.3. The lowest BCUT2D eigenvalue weighted by Crippen LogP contribution is -2.57. The van der Waals surface area contributed by atoms with Gasteiger partial charge in [0.2, 0.25) is 0 Å². The summed E-state index contributed by atoms with van der Waals surface area (Å²) in [7, 11) is 2.53. The summed E-state index contributed by atoms with van der Waals surface area (Å²) in [5.41, 5.74) is 0. The average molecular weight is 253 g/mol. The van der Waals surface area contributed by atoms with Gasteiger partial charge in [-0.2, -0.15) is 26.3 Å². The summed E-state index contributed by atoms with van der Waals surface area (Å²) >= 11 is 0. The fourth-order valence-electron chi connectivity index (χ4n) is 1.21. The molecule has 0 aromatic heterocycles. The Kier molecular flexibility index (Phi) is 5.50. The zero-order valence-corrected chi connectivity index (χ0v) is 8.71. The average Bonchev–Trinajstić information content (AvgIpc) is 1.99. The fraction of sp³-hybridized carbons (Fsp3) is 1.00. The lowest BCUT2D eigenvalue weighted by atomic mass is 10.4. The van der Waals surface area contributed by atoms with Gasteiger partial charge in [-0.15, -0.1) is 0 Å². The molecule has 0 aliphatic rings. The van der Waals surface area contributed by atoms with Crippen LogP contribution in [-0.2, 0) is 0 Å². The minimum atomic E-state index is -4.68. The molecule has 0 heterocycles. The van der Waals surface area contributed by atoms with Gasteiger partial charge in [-0.05, 0) is 14.1 Å². The monoisotopic (exact) mass is 253 g/mol. The van der Waals surface area contributed by atoms with Crippen molar-refractivity contribution in [3.05, 3.63) is 0 Å². The number of rotatable bonds is 5. The molecule has 0 unspecified atom stereocenters. The van der Waals surface area contributed by atoms with Crippen molar-refractivity contribution in [3.63, 3.8) is 0 Å². The summed E-state index contributed by atoms with van der Waals surface area (Å²) in [6.45, 7) is -3.28. The number of nitrogens with one attached hydrogen (secondary N) is 2. The molecule has 0 aliphatic heterocycles. The zero-order chi connectivity index (χ0) is 13.0. The minimum absolute atomic E-state index is 0.222. The first-order valence-corrected chi connectivity index (χ1v) is 4.31. The smallest absolute Gasteiger partial charge is 0.293 e. The van der Waals surface area contributed by atoms with Crippen molar-refractivity contribution in [2.24, 2.45) is 0 Å². The molecular formula is C7H13F6N3.